The van der Waals surface area contributed by atoms with Crippen LogP contribution in [0.4, 0.5) is 0 Å². The van der Waals surface area contributed by atoms with E-state index in [1.165, 1.54) is 27.5 Å². The lowest BCUT2D eigenvalue weighted by atomic mass is 10.3. The van der Waals surface area contributed by atoms with Crippen LogP contribution >= 0.6 is 0 Å². The number of aliphatic hydroxyl groups excluding tert-OH is 1. The van der Waals surface area contributed by atoms with Crippen molar-refractivity contribution in [3.05, 3.63) is 67.9 Å². The number of aromatic amines is 1. The van der Waals surface area contributed by atoms with Crippen LogP contribution in [-0.4, -0.2) is 37.8 Å². The first-order valence-corrected chi connectivity index (χ1v) is 7.36. The molecule has 2 rings (SSSR count). The summed E-state index contributed by atoms with van der Waals surface area (Å²) in [6, 6.07) is 5.86. The van der Waals surface area contributed by atoms with E-state index in [0.29, 0.717) is 0 Å². The normalized spacial score (nSPS) is 11.9. The van der Waals surface area contributed by atoms with Crippen molar-refractivity contribution in [2.75, 3.05) is 6.54 Å². The van der Waals surface area contributed by atoms with Crippen molar-refractivity contribution < 1.29 is 9.90 Å². The van der Waals surface area contributed by atoms with Crippen LogP contribution in [0.15, 0.2) is 51.0 Å². The fourth-order valence-corrected chi connectivity index (χ4v) is 2.07. The zero-order valence-electron chi connectivity index (χ0n) is 12.8. The molecule has 0 aliphatic carbocycles. The minimum Gasteiger partial charge on any atom is -0.389 e. The predicted octanol–water partition coefficient (Wildman–Crippen LogP) is -1.73. The van der Waals surface area contributed by atoms with E-state index >= 15 is 0 Å². The van der Waals surface area contributed by atoms with Crippen molar-refractivity contribution in [3.8, 4) is 0 Å². The van der Waals surface area contributed by atoms with Crippen LogP contribution < -0.4 is 22.1 Å². The minimum absolute atomic E-state index is 0.0132. The van der Waals surface area contributed by atoms with Crippen LogP contribution in [0.5, 0.6) is 0 Å². The van der Waals surface area contributed by atoms with Gasteiger partial charge in [0.25, 0.3) is 11.1 Å². The third kappa shape index (κ3) is 5.06. The molecule has 0 aliphatic rings. The van der Waals surface area contributed by atoms with Crippen LogP contribution in [-0.2, 0) is 17.9 Å². The number of carbonyl (C=O) groups excluding carboxylic acids is 1. The van der Waals surface area contributed by atoms with Crippen molar-refractivity contribution in [2.24, 2.45) is 0 Å². The third-order valence-corrected chi connectivity index (χ3v) is 3.32. The molecule has 3 N–H and O–H groups in total. The second-order valence-corrected chi connectivity index (χ2v) is 5.20. The van der Waals surface area contributed by atoms with Gasteiger partial charge in [0.05, 0.1) is 12.6 Å². The molecule has 0 aliphatic heterocycles. The molecule has 9 nitrogen and oxygen atoms in total. The van der Waals surface area contributed by atoms with Gasteiger partial charge in [-0.25, -0.2) is 4.79 Å². The summed E-state index contributed by atoms with van der Waals surface area (Å²) >= 11 is 0. The van der Waals surface area contributed by atoms with Gasteiger partial charge in [-0.05, 0) is 6.07 Å². The quantitative estimate of drug-likeness (QED) is 0.554. The Morgan fingerprint density at radius 3 is 2.67 bits per heavy atom. The van der Waals surface area contributed by atoms with Gasteiger partial charge in [0.2, 0.25) is 5.91 Å². The third-order valence-electron chi connectivity index (χ3n) is 3.32. The molecule has 128 valence electrons. The molecule has 0 aromatic carbocycles. The van der Waals surface area contributed by atoms with Crippen molar-refractivity contribution in [1.29, 1.82) is 0 Å². The van der Waals surface area contributed by atoms with Gasteiger partial charge >= 0.3 is 5.69 Å². The van der Waals surface area contributed by atoms with E-state index in [9.17, 15) is 24.3 Å². The standard InChI is InChI=1S/C15H18N4O5/c20-11(10-19-6-2-1-3-14(19)23)9-16-12(21)4-7-18-8-5-13(22)17-15(18)24/h1-3,5-6,8,11,20H,4,7,9-10H2,(H,16,21)(H,17,22,24). The molecule has 1 amide bonds. The maximum absolute atomic E-state index is 11.7. The summed E-state index contributed by atoms with van der Waals surface area (Å²) in [5.74, 6) is -0.354. The van der Waals surface area contributed by atoms with E-state index in [4.69, 9.17) is 0 Å². The lowest BCUT2D eigenvalue weighted by molar-refractivity contribution is -0.121. The summed E-state index contributed by atoms with van der Waals surface area (Å²) in [5.41, 5.74) is -1.32. The average Bonchev–Trinajstić information content (AvgIpc) is 2.54. The fourth-order valence-electron chi connectivity index (χ4n) is 2.07. The molecular formula is C15H18N4O5. The van der Waals surface area contributed by atoms with Gasteiger partial charge in [0.15, 0.2) is 0 Å². The monoisotopic (exact) mass is 334 g/mol. The maximum Gasteiger partial charge on any atom is 0.328 e. The first-order chi connectivity index (χ1) is 11.5. The number of nitrogens with one attached hydrogen (secondary N) is 2. The zero-order chi connectivity index (χ0) is 17.5. The van der Waals surface area contributed by atoms with Crippen LogP contribution in [0.25, 0.3) is 0 Å². The van der Waals surface area contributed by atoms with Gasteiger partial charge in [0.1, 0.15) is 0 Å². The van der Waals surface area contributed by atoms with Gasteiger partial charge in [-0.1, -0.05) is 6.07 Å². The Bertz CT molecular complexity index is 867. The van der Waals surface area contributed by atoms with Crippen LogP contribution in [0.1, 0.15) is 6.42 Å². The SMILES string of the molecule is O=C(CCn1ccc(=O)[nH]c1=O)NCC(O)Cn1ccccc1=O. The molecular weight excluding hydrogens is 316 g/mol. The molecule has 1 unspecified atom stereocenters. The number of hydrogen-bond donors (Lipinski definition) is 3. The number of aromatic nitrogens is 3. The molecule has 2 aromatic heterocycles. The minimum atomic E-state index is -0.912. The lowest BCUT2D eigenvalue weighted by Gasteiger charge is -2.13. The Hall–Kier alpha value is -2.94. The lowest BCUT2D eigenvalue weighted by Crippen LogP contribution is -2.37. The Morgan fingerprint density at radius 2 is 1.96 bits per heavy atom. The maximum atomic E-state index is 11.7. The summed E-state index contributed by atoms with van der Waals surface area (Å²) in [7, 11) is 0. The van der Waals surface area contributed by atoms with E-state index < -0.39 is 17.4 Å². The highest BCUT2D eigenvalue weighted by Crippen LogP contribution is 1.90. The molecule has 0 radical (unpaired) electrons. The zero-order valence-corrected chi connectivity index (χ0v) is 12.8. The Balaban J connectivity index is 1.78. The average molecular weight is 334 g/mol. The number of hydrogen-bond acceptors (Lipinski definition) is 5. The van der Waals surface area contributed by atoms with Gasteiger partial charge in [0, 0.05) is 44.0 Å². The fraction of sp³-hybridized carbons (Fsp3) is 0.333. The highest BCUT2D eigenvalue weighted by atomic mass is 16.3. The smallest absolute Gasteiger partial charge is 0.328 e. The molecule has 0 saturated heterocycles. The Labute approximate surface area is 136 Å². The molecule has 0 bridgehead atoms. The van der Waals surface area contributed by atoms with Gasteiger partial charge < -0.3 is 19.6 Å². The Kier molecular flexibility index (Phi) is 5.85. The second-order valence-electron chi connectivity index (χ2n) is 5.20. The summed E-state index contributed by atoms with van der Waals surface area (Å²) in [6.07, 6.45) is 1.97. The molecule has 24 heavy (non-hydrogen) atoms. The molecule has 0 fully saturated rings. The predicted molar refractivity (Wildman–Crippen MR) is 85.7 cm³/mol. The second kappa shape index (κ2) is 8.06. The summed E-state index contributed by atoms with van der Waals surface area (Å²) in [6.45, 7) is 0.162. The number of aliphatic hydroxyl groups is 1. The molecule has 2 heterocycles. The first kappa shape index (κ1) is 17.4. The van der Waals surface area contributed by atoms with Crippen LogP contribution in [0, 0.1) is 0 Å². The molecule has 2 aromatic rings. The van der Waals surface area contributed by atoms with E-state index in [0.717, 1.165) is 0 Å². The number of rotatable bonds is 7. The number of amides is 1. The van der Waals surface area contributed by atoms with E-state index in [2.05, 4.69) is 10.3 Å². The number of carbonyl (C=O) groups is 1. The number of nitrogens with zero attached hydrogens (tertiary/aromatic N) is 2. The van der Waals surface area contributed by atoms with Crippen LogP contribution in [0.2, 0.25) is 0 Å². The topological polar surface area (TPSA) is 126 Å². The largest absolute Gasteiger partial charge is 0.389 e. The first-order valence-electron chi connectivity index (χ1n) is 7.36. The molecule has 1 atom stereocenters. The number of pyridine rings is 1. The summed E-state index contributed by atoms with van der Waals surface area (Å²) < 4.78 is 2.55. The number of aryl methyl sites for hydroxylation is 1. The highest BCUT2D eigenvalue weighted by molar-refractivity contribution is 5.75. The van der Waals surface area contributed by atoms with Gasteiger partial charge in [-0.15, -0.1) is 0 Å². The van der Waals surface area contributed by atoms with E-state index in [1.54, 1.807) is 18.3 Å². The number of H-pyrrole nitrogens is 1. The summed E-state index contributed by atoms with van der Waals surface area (Å²) in [5, 5.41) is 12.4. The Morgan fingerprint density at radius 1 is 1.17 bits per heavy atom. The van der Waals surface area contributed by atoms with Gasteiger partial charge in [-0.2, -0.15) is 0 Å². The molecule has 0 saturated carbocycles. The molecule has 9 heteroatoms. The summed E-state index contributed by atoms with van der Waals surface area (Å²) in [4.78, 5) is 47.7. The van der Waals surface area contributed by atoms with E-state index in [1.807, 2.05) is 0 Å². The highest BCUT2D eigenvalue weighted by Gasteiger charge is 2.09. The molecule has 0 spiro atoms. The van der Waals surface area contributed by atoms with Crippen molar-refractivity contribution in [1.82, 2.24) is 19.4 Å². The van der Waals surface area contributed by atoms with E-state index in [-0.39, 0.29) is 37.5 Å². The van der Waals surface area contributed by atoms with Crippen molar-refractivity contribution in [3.63, 3.8) is 0 Å². The van der Waals surface area contributed by atoms with Gasteiger partial charge in [-0.3, -0.25) is 19.4 Å². The van der Waals surface area contributed by atoms with Crippen molar-refractivity contribution >= 4 is 5.91 Å². The van der Waals surface area contributed by atoms with Crippen LogP contribution in [0.3, 0.4) is 0 Å². The van der Waals surface area contributed by atoms with Crippen molar-refractivity contribution in [2.45, 2.75) is 25.6 Å².